The van der Waals surface area contributed by atoms with E-state index in [0.29, 0.717) is 42.3 Å². The summed E-state index contributed by atoms with van der Waals surface area (Å²) >= 11 is 0. The number of hydrogen-bond acceptors (Lipinski definition) is 7. The first kappa shape index (κ1) is 19.3. The van der Waals surface area contributed by atoms with Crippen LogP contribution in [0.4, 0.5) is 8.78 Å². The Balaban J connectivity index is 1.52. The van der Waals surface area contributed by atoms with Crippen LogP contribution in [0.1, 0.15) is 12.0 Å². The third-order valence-electron chi connectivity index (χ3n) is 4.87. The molecule has 0 amide bonds. The van der Waals surface area contributed by atoms with Gasteiger partial charge in [0.25, 0.3) is 5.88 Å². The lowest BCUT2D eigenvalue weighted by atomic mass is 10.2. The van der Waals surface area contributed by atoms with E-state index < -0.39 is 5.82 Å². The third-order valence-corrected chi connectivity index (χ3v) is 4.87. The Morgan fingerprint density at radius 1 is 1.13 bits per heavy atom. The van der Waals surface area contributed by atoms with Crippen molar-refractivity contribution < 1.29 is 22.8 Å². The lowest BCUT2D eigenvalue weighted by molar-refractivity contribution is 0.134. The summed E-state index contributed by atoms with van der Waals surface area (Å²) in [4.78, 5) is 8.26. The van der Waals surface area contributed by atoms with Gasteiger partial charge in [0.2, 0.25) is 5.82 Å². The second-order valence-electron chi connectivity index (χ2n) is 7.00. The number of benzene rings is 1. The molecule has 0 saturated carbocycles. The van der Waals surface area contributed by atoms with Crippen LogP contribution in [-0.4, -0.2) is 44.2 Å². The highest BCUT2D eigenvalue weighted by molar-refractivity contribution is 5.62. The first-order valence-corrected chi connectivity index (χ1v) is 9.66. The van der Waals surface area contributed by atoms with E-state index in [4.69, 9.17) is 14.0 Å². The summed E-state index contributed by atoms with van der Waals surface area (Å²) in [6.45, 7) is 1.09. The molecule has 0 spiro atoms. The lowest BCUT2D eigenvalue weighted by Crippen LogP contribution is -2.17. The fraction of sp³-hybridized carbons (Fsp3) is 0.238. The van der Waals surface area contributed by atoms with Crippen molar-refractivity contribution in [3.05, 3.63) is 66.1 Å². The Morgan fingerprint density at radius 2 is 2.03 bits per heavy atom. The fourth-order valence-corrected chi connectivity index (χ4v) is 3.31. The maximum atomic E-state index is 14.2. The number of halogens is 2. The molecular weight excluding hydrogens is 408 g/mol. The van der Waals surface area contributed by atoms with Gasteiger partial charge in [-0.05, 0) is 12.1 Å². The molecule has 31 heavy (non-hydrogen) atoms. The standard InChI is InChI=1S/C21H17F2N5O3/c22-15-4-2-1-3-13(15)11-28-19(17-6-8-30-27-17)9-18(26-28)20-24-10-16(23)21(25-20)31-14-5-7-29-12-14/h1-4,6,8-10,14H,5,7,11-12H2. The molecule has 1 aliphatic rings. The first-order chi connectivity index (χ1) is 15.2. The molecule has 4 aromatic rings. The molecule has 3 aromatic heterocycles. The Morgan fingerprint density at radius 3 is 2.81 bits per heavy atom. The van der Waals surface area contributed by atoms with E-state index in [0.717, 1.165) is 6.20 Å². The molecule has 10 heteroatoms. The van der Waals surface area contributed by atoms with Crippen LogP contribution in [0.3, 0.4) is 0 Å². The molecule has 0 N–H and O–H groups in total. The summed E-state index contributed by atoms with van der Waals surface area (Å²) < 4.78 is 45.8. The molecule has 4 heterocycles. The van der Waals surface area contributed by atoms with Crippen molar-refractivity contribution in [2.24, 2.45) is 0 Å². The summed E-state index contributed by atoms with van der Waals surface area (Å²) in [7, 11) is 0. The quantitative estimate of drug-likeness (QED) is 0.467. The summed E-state index contributed by atoms with van der Waals surface area (Å²) in [5, 5.41) is 8.47. The topological polar surface area (TPSA) is 88.1 Å². The van der Waals surface area contributed by atoms with Crippen molar-refractivity contribution >= 4 is 0 Å². The SMILES string of the molecule is Fc1ccccc1Cn1nc(-c2ncc(F)c(OC3CCOC3)n2)cc1-c1ccon1. The molecule has 1 unspecified atom stereocenters. The molecule has 1 aliphatic heterocycles. The highest BCUT2D eigenvalue weighted by Crippen LogP contribution is 2.27. The highest BCUT2D eigenvalue weighted by Gasteiger charge is 2.22. The number of nitrogens with zero attached hydrogens (tertiary/aromatic N) is 5. The molecule has 1 fully saturated rings. The van der Waals surface area contributed by atoms with Crippen LogP contribution in [-0.2, 0) is 11.3 Å². The molecule has 0 bridgehead atoms. The second-order valence-corrected chi connectivity index (χ2v) is 7.00. The molecule has 8 nitrogen and oxygen atoms in total. The summed E-state index contributed by atoms with van der Waals surface area (Å²) in [6.07, 6.45) is 2.87. The van der Waals surface area contributed by atoms with Crippen LogP contribution in [0.2, 0.25) is 0 Å². The van der Waals surface area contributed by atoms with Gasteiger partial charge in [-0.1, -0.05) is 23.4 Å². The van der Waals surface area contributed by atoms with Crippen molar-refractivity contribution in [3.8, 4) is 28.8 Å². The predicted octanol–water partition coefficient (Wildman–Crippen LogP) is 3.49. The maximum absolute atomic E-state index is 14.2. The average molecular weight is 425 g/mol. The van der Waals surface area contributed by atoms with Gasteiger partial charge in [0.15, 0.2) is 5.82 Å². The summed E-state index contributed by atoms with van der Waals surface area (Å²) in [6, 6.07) is 9.78. The van der Waals surface area contributed by atoms with E-state index in [1.54, 1.807) is 35.0 Å². The number of aromatic nitrogens is 5. The van der Waals surface area contributed by atoms with Gasteiger partial charge in [-0.2, -0.15) is 14.5 Å². The van der Waals surface area contributed by atoms with Crippen LogP contribution in [0, 0.1) is 11.6 Å². The highest BCUT2D eigenvalue weighted by atomic mass is 19.1. The first-order valence-electron chi connectivity index (χ1n) is 9.66. The zero-order valence-electron chi connectivity index (χ0n) is 16.2. The Labute approximate surface area is 175 Å². The van der Waals surface area contributed by atoms with Gasteiger partial charge in [0, 0.05) is 18.1 Å². The molecule has 5 rings (SSSR count). The Hall–Kier alpha value is -3.66. The zero-order valence-corrected chi connectivity index (χ0v) is 16.2. The number of hydrogen-bond donors (Lipinski definition) is 0. The molecule has 1 saturated heterocycles. The van der Waals surface area contributed by atoms with Crippen molar-refractivity contribution in [2.75, 3.05) is 13.2 Å². The van der Waals surface area contributed by atoms with E-state index in [9.17, 15) is 8.78 Å². The number of rotatable bonds is 6. The molecule has 158 valence electrons. The zero-order chi connectivity index (χ0) is 21.2. The molecule has 1 aromatic carbocycles. The van der Waals surface area contributed by atoms with E-state index >= 15 is 0 Å². The van der Waals surface area contributed by atoms with Crippen LogP contribution < -0.4 is 4.74 Å². The summed E-state index contributed by atoms with van der Waals surface area (Å²) in [5.74, 6) is -1.00. The van der Waals surface area contributed by atoms with E-state index in [1.807, 2.05) is 0 Å². The predicted molar refractivity (Wildman–Crippen MR) is 104 cm³/mol. The van der Waals surface area contributed by atoms with Crippen molar-refractivity contribution in [2.45, 2.75) is 19.1 Å². The van der Waals surface area contributed by atoms with Crippen LogP contribution >= 0.6 is 0 Å². The van der Waals surface area contributed by atoms with Crippen molar-refractivity contribution in [1.29, 1.82) is 0 Å². The maximum Gasteiger partial charge on any atom is 0.254 e. The second kappa shape index (κ2) is 8.23. The van der Waals surface area contributed by atoms with Gasteiger partial charge in [-0.25, -0.2) is 9.37 Å². The van der Waals surface area contributed by atoms with Crippen LogP contribution in [0.25, 0.3) is 22.9 Å². The molecular formula is C21H17F2N5O3. The molecule has 1 atom stereocenters. The van der Waals surface area contributed by atoms with Gasteiger partial charge in [-0.15, -0.1) is 0 Å². The molecule has 0 aliphatic carbocycles. The normalized spacial score (nSPS) is 16.0. The van der Waals surface area contributed by atoms with Gasteiger partial charge >= 0.3 is 0 Å². The van der Waals surface area contributed by atoms with Gasteiger partial charge in [0.05, 0.1) is 31.6 Å². The van der Waals surface area contributed by atoms with Gasteiger partial charge < -0.3 is 14.0 Å². The monoisotopic (exact) mass is 425 g/mol. The minimum Gasteiger partial charge on any atom is -0.470 e. The van der Waals surface area contributed by atoms with Crippen molar-refractivity contribution in [1.82, 2.24) is 24.9 Å². The average Bonchev–Trinajstić information content (AvgIpc) is 3.53. The van der Waals surface area contributed by atoms with Crippen LogP contribution in [0.15, 0.2) is 53.4 Å². The smallest absolute Gasteiger partial charge is 0.254 e. The van der Waals surface area contributed by atoms with E-state index in [-0.39, 0.29) is 30.2 Å². The fourth-order valence-electron chi connectivity index (χ4n) is 3.31. The Bertz CT molecular complexity index is 1190. The lowest BCUT2D eigenvalue weighted by Gasteiger charge is -2.11. The minimum absolute atomic E-state index is 0.152. The third kappa shape index (κ3) is 4.02. The molecule has 0 radical (unpaired) electrons. The number of ether oxygens (including phenoxy) is 2. The van der Waals surface area contributed by atoms with E-state index in [2.05, 4.69) is 20.2 Å². The Kier molecular flexibility index (Phi) is 5.13. The largest absolute Gasteiger partial charge is 0.470 e. The van der Waals surface area contributed by atoms with Crippen LogP contribution in [0.5, 0.6) is 5.88 Å². The van der Waals surface area contributed by atoms with Gasteiger partial charge in [-0.3, -0.25) is 4.68 Å². The van der Waals surface area contributed by atoms with E-state index in [1.165, 1.54) is 12.3 Å². The van der Waals surface area contributed by atoms with Gasteiger partial charge in [0.1, 0.15) is 29.6 Å². The minimum atomic E-state index is -0.668. The van der Waals surface area contributed by atoms with Crippen molar-refractivity contribution in [3.63, 3.8) is 0 Å². The summed E-state index contributed by atoms with van der Waals surface area (Å²) in [5.41, 5.74) is 1.90.